The first kappa shape index (κ1) is 17.7. The Hall–Kier alpha value is -3.15. The van der Waals surface area contributed by atoms with E-state index in [1.165, 1.54) is 6.39 Å². The molecule has 0 bridgehead atoms. The van der Waals surface area contributed by atoms with Crippen LogP contribution in [0, 0.1) is 0 Å². The Kier molecular flexibility index (Phi) is 5.98. The molecule has 0 unspecified atom stereocenters. The monoisotopic (exact) mass is 352 g/mol. The van der Waals surface area contributed by atoms with Gasteiger partial charge in [-0.3, -0.25) is 0 Å². The van der Waals surface area contributed by atoms with E-state index in [0.29, 0.717) is 29.4 Å². The van der Waals surface area contributed by atoms with Crippen LogP contribution >= 0.6 is 0 Å². The fraction of sp³-hybridized carbons (Fsp3) is 0.250. The van der Waals surface area contributed by atoms with Crippen molar-refractivity contribution in [2.45, 2.75) is 26.4 Å². The van der Waals surface area contributed by atoms with E-state index < -0.39 is 5.97 Å². The molecule has 0 saturated heterocycles. The number of carbonyl (C=O) groups is 1. The summed E-state index contributed by atoms with van der Waals surface area (Å²) in [5.41, 5.74) is 1.90. The van der Waals surface area contributed by atoms with Gasteiger partial charge in [0.1, 0.15) is 17.9 Å². The minimum atomic E-state index is -0.457. The number of esters is 1. The van der Waals surface area contributed by atoms with Crippen molar-refractivity contribution >= 4 is 5.97 Å². The number of benzene rings is 2. The summed E-state index contributed by atoms with van der Waals surface area (Å²) in [5, 5.41) is 7.54. The molecule has 1 heterocycles. The molecular formula is C20H20N2O4. The maximum Gasteiger partial charge on any atom is 0.342 e. The molecule has 0 fully saturated rings. The molecule has 0 spiro atoms. The summed E-state index contributed by atoms with van der Waals surface area (Å²) >= 11 is 0. The van der Waals surface area contributed by atoms with Crippen LogP contribution in [-0.4, -0.2) is 22.8 Å². The molecule has 0 aliphatic carbocycles. The van der Waals surface area contributed by atoms with Crippen LogP contribution in [0.2, 0.25) is 0 Å². The molecule has 0 aliphatic rings. The van der Waals surface area contributed by atoms with Crippen molar-refractivity contribution in [2.24, 2.45) is 0 Å². The molecule has 0 radical (unpaired) electrons. The first-order valence-electron chi connectivity index (χ1n) is 8.52. The van der Waals surface area contributed by atoms with Crippen LogP contribution in [0.1, 0.15) is 35.7 Å². The second-order valence-corrected chi connectivity index (χ2v) is 5.72. The summed E-state index contributed by atoms with van der Waals surface area (Å²) in [5.74, 6) is 0.365. The molecule has 3 rings (SSSR count). The van der Waals surface area contributed by atoms with E-state index in [-0.39, 0.29) is 6.61 Å². The van der Waals surface area contributed by atoms with Crippen LogP contribution in [0.3, 0.4) is 0 Å². The average Bonchev–Trinajstić information content (AvgIpc) is 3.22. The lowest BCUT2D eigenvalue weighted by atomic mass is 10.1. The standard InChI is InChI=1S/C20H20N2O4/c1-2-3-11-24-18-10-9-16(19-22-21-14-26-19)12-17(18)20(23)25-13-15-7-5-4-6-8-15/h4-10,12,14H,2-3,11,13H2,1H3. The quantitative estimate of drug-likeness (QED) is 0.445. The molecule has 6 heteroatoms. The summed E-state index contributed by atoms with van der Waals surface area (Å²) in [6, 6.07) is 14.7. The number of rotatable bonds is 8. The highest BCUT2D eigenvalue weighted by molar-refractivity contribution is 5.93. The van der Waals surface area contributed by atoms with E-state index in [9.17, 15) is 4.79 Å². The van der Waals surface area contributed by atoms with E-state index >= 15 is 0 Å². The van der Waals surface area contributed by atoms with Gasteiger partial charge in [0, 0.05) is 5.56 Å². The third kappa shape index (κ3) is 4.47. The number of unbranched alkanes of at least 4 members (excludes halogenated alkanes) is 1. The van der Waals surface area contributed by atoms with Crippen molar-refractivity contribution in [1.29, 1.82) is 0 Å². The van der Waals surface area contributed by atoms with Crippen LogP contribution in [0.4, 0.5) is 0 Å². The Morgan fingerprint density at radius 3 is 2.73 bits per heavy atom. The first-order chi connectivity index (χ1) is 12.8. The minimum absolute atomic E-state index is 0.193. The van der Waals surface area contributed by atoms with E-state index in [1.807, 2.05) is 30.3 Å². The van der Waals surface area contributed by atoms with E-state index in [0.717, 1.165) is 18.4 Å². The predicted octanol–water partition coefficient (Wildman–Crippen LogP) is 4.27. The van der Waals surface area contributed by atoms with Gasteiger partial charge in [-0.25, -0.2) is 4.79 Å². The molecule has 0 atom stereocenters. The number of aromatic nitrogens is 2. The second kappa shape index (κ2) is 8.80. The molecular weight excluding hydrogens is 332 g/mol. The van der Waals surface area contributed by atoms with Gasteiger partial charge < -0.3 is 13.9 Å². The highest BCUT2D eigenvalue weighted by Gasteiger charge is 2.17. The Morgan fingerprint density at radius 2 is 2.00 bits per heavy atom. The smallest absolute Gasteiger partial charge is 0.342 e. The summed E-state index contributed by atoms with van der Waals surface area (Å²) in [6.07, 6.45) is 3.16. The molecule has 0 saturated carbocycles. The zero-order chi connectivity index (χ0) is 18.2. The van der Waals surface area contributed by atoms with Crippen LogP contribution in [0.15, 0.2) is 59.3 Å². The molecule has 26 heavy (non-hydrogen) atoms. The highest BCUT2D eigenvalue weighted by atomic mass is 16.5. The van der Waals surface area contributed by atoms with Crippen LogP contribution in [0.5, 0.6) is 5.75 Å². The van der Waals surface area contributed by atoms with Crippen LogP contribution < -0.4 is 4.74 Å². The lowest BCUT2D eigenvalue weighted by molar-refractivity contribution is 0.0468. The molecule has 134 valence electrons. The van der Waals surface area contributed by atoms with Gasteiger partial charge in [-0.15, -0.1) is 10.2 Å². The summed E-state index contributed by atoms with van der Waals surface area (Å²) in [7, 11) is 0. The van der Waals surface area contributed by atoms with Gasteiger partial charge in [0.2, 0.25) is 12.3 Å². The number of hydrogen-bond acceptors (Lipinski definition) is 6. The minimum Gasteiger partial charge on any atom is -0.493 e. The topological polar surface area (TPSA) is 74.5 Å². The van der Waals surface area contributed by atoms with Crippen molar-refractivity contribution in [3.05, 3.63) is 66.1 Å². The molecule has 2 aromatic carbocycles. The zero-order valence-corrected chi connectivity index (χ0v) is 14.6. The Bertz CT molecular complexity index is 832. The Morgan fingerprint density at radius 1 is 1.15 bits per heavy atom. The molecule has 0 aliphatic heterocycles. The highest BCUT2D eigenvalue weighted by Crippen LogP contribution is 2.27. The molecule has 1 aromatic heterocycles. The lowest BCUT2D eigenvalue weighted by Crippen LogP contribution is -2.09. The molecule has 6 nitrogen and oxygen atoms in total. The van der Waals surface area contributed by atoms with Gasteiger partial charge in [-0.2, -0.15) is 0 Å². The van der Waals surface area contributed by atoms with Crippen molar-refractivity contribution in [1.82, 2.24) is 10.2 Å². The second-order valence-electron chi connectivity index (χ2n) is 5.72. The first-order valence-corrected chi connectivity index (χ1v) is 8.52. The summed E-state index contributed by atoms with van der Waals surface area (Å²) in [6.45, 7) is 2.81. The largest absolute Gasteiger partial charge is 0.493 e. The molecule has 3 aromatic rings. The lowest BCUT2D eigenvalue weighted by Gasteiger charge is -2.12. The van der Waals surface area contributed by atoms with Gasteiger partial charge >= 0.3 is 5.97 Å². The molecule has 0 amide bonds. The molecule has 0 N–H and O–H groups in total. The van der Waals surface area contributed by atoms with Gasteiger partial charge in [0.05, 0.1) is 6.61 Å². The van der Waals surface area contributed by atoms with E-state index in [4.69, 9.17) is 13.9 Å². The fourth-order valence-electron chi connectivity index (χ4n) is 2.37. The maximum atomic E-state index is 12.6. The van der Waals surface area contributed by atoms with Crippen LogP contribution in [0.25, 0.3) is 11.5 Å². The number of ether oxygens (including phenoxy) is 2. The third-order valence-corrected chi connectivity index (χ3v) is 3.77. The number of nitrogens with zero attached hydrogens (tertiary/aromatic N) is 2. The van der Waals surface area contributed by atoms with Gasteiger partial charge in [-0.05, 0) is 30.2 Å². The maximum absolute atomic E-state index is 12.6. The Balaban J connectivity index is 1.80. The number of hydrogen-bond donors (Lipinski definition) is 0. The SMILES string of the molecule is CCCCOc1ccc(-c2nnco2)cc1C(=O)OCc1ccccc1. The van der Waals surface area contributed by atoms with Crippen molar-refractivity contribution in [3.8, 4) is 17.2 Å². The fourth-order valence-corrected chi connectivity index (χ4v) is 2.37. The zero-order valence-electron chi connectivity index (χ0n) is 14.6. The van der Waals surface area contributed by atoms with Gasteiger partial charge in [-0.1, -0.05) is 43.7 Å². The summed E-state index contributed by atoms with van der Waals surface area (Å²) < 4.78 is 16.4. The van der Waals surface area contributed by atoms with E-state index in [2.05, 4.69) is 17.1 Å². The van der Waals surface area contributed by atoms with E-state index in [1.54, 1.807) is 18.2 Å². The Labute approximate surface area is 151 Å². The average molecular weight is 352 g/mol. The van der Waals surface area contributed by atoms with Crippen LogP contribution in [-0.2, 0) is 11.3 Å². The normalized spacial score (nSPS) is 10.5. The number of carbonyl (C=O) groups excluding carboxylic acids is 1. The van der Waals surface area contributed by atoms with Crippen molar-refractivity contribution < 1.29 is 18.7 Å². The van der Waals surface area contributed by atoms with Gasteiger partial charge in [0.25, 0.3) is 0 Å². The van der Waals surface area contributed by atoms with Crippen molar-refractivity contribution in [2.75, 3.05) is 6.61 Å². The van der Waals surface area contributed by atoms with Gasteiger partial charge in [0.15, 0.2) is 0 Å². The predicted molar refractivity (Wildman–Crippen MR) is 95.7 cm³/mol. The van der Waals surface area contributed by atoms with Crippen molar-refractivity contribution in [3.63, 3.8) is 0 Å². The summed E-state index contributed by atoms with van der Waals surface area (Å²) in [4.78, 5) is 12.6. The third-order valence-electron chi connectivity index (χ3n) is 3.77.